The summed E-state index contributed by atoms with van der Waals surface area (Å²) in [6, 6.07) is 9.57. The maximum atomic E-state index is 13.2. The standard InChI is InChI=1S/C46H48F3N11O10/c1-3-26(21-34(51-2)54-25-46(47,48)49)43-56-31(23-70-43)41(65)55-30-22-59(58-38(30)39(50)63)28-15-13-27(14-16-28)40(64)53-20-9-7-5-4-6-8-19-52-36(62)24-69-33-12-10-11-29-37(33)45(68)60(44(29)67)32-17-18-35(61)57-42(32)66/h3,10-16,21-23,32,54H,2,4-9,17-20,24-25H2,1H3,(H2,50,63)(H,52,62)(H,53,64)(H,55,65)(H,57,61,66)/b26-3+,34-21+. The molecule has 0 bridgehead atoms. The first-order valence-electron chi connectivity index (χ1n) is 21.9. The number of aromatic nitrogens is 3. The number of primary amides is 1. The van der Waals surface area contributed by atoms with E-state index in [2.05, 4.69) is 48.4 Å². The molecule has 2 aliphatic heterocycles. The van der Waals surface area contributed by atoms with Crippen molar-refractivity contribution < 1.29 is 60.7 Å². The molecule has 24 heteroatoms. The number of imide groups is 2. The van der Waals surface area contributed by atoms with Gasteiger partial charge in [-0.25, -0.2) is 14.7 Å². The molecule has 0 radical (unpaired) electrons. The first-order valence-corrected chi connectivity index (χ1v) is 21.9. The number of amides is 8. The lowest BCUT2D eigenvalue weighted by Gasteiger charge is -2.27. The Kier molecular flexibility index (Phi) is 16.8. The van der Waals surface area contributed by atoms with Crippen LogP contribution in [0.1, 0.15) is 116 Å². The van der Waals surface area contributed by atoms with Gasteiger partial charge < -0.3 is 36.2 Å². The number of aliphatic imine (C=N–C) groups is 1. The maximum absolute atomic E-state index is 13.2. The summed E-state index contributed by atoms with van der Waals surface area (Å²) in [4.78, 5) is 109. The number of nitrogens with one attached hydrogen (secondary N) is 5. The lowest BCUT2D eigenvalue weighted by molar-refractivity contribution is -0.136. The van der Waals surface area contributed by atoms with Gasteiger partial charge >= 0.3 is 6.18 Å². The minimum absolute atomic E-state index is 0.0101. The van der Waals surface area contributed by atoms with E-state index in [9.17, 15) is 51.5 Å². The fourth-order valence-electron chi connectivity index (χ4n) is 7.29. The van der Waals surface area contributed by atoms with Crippen molar-refractivity contribution >= 4 is 65.2 Å². The number of anilines is 1. The fourth-order valence-corrected chi connectivity index (χ4v) is 7.29. The Bertz CT molecular complexity index is 2740. The molecule has 1 unspecified atom stereocenters. The topological polar surface area (TPSA) is 291 Å². The van der Waals surface area contributed by atoms with Gasteiger partial charge in [-0.15, -0.1) is 0 Å². The van der Waals surface area contributed by atoms with Crippen molar-refractivity contribution in [2.24, 2.45) is 10.7 Å². The Balaban J connectivity index is 0.874. The van der Waals surface area contributed by atoms with Crippen molar-refractivity contribution in [3.63, 3.8) is 0 Å². The zero-order chi connectivity index (χ0) is 50.5. The predicted molar refractivity (Wildman–Crippen MR) is 244 cm³/mol. The minimum Gasteiger partial charge on any atom is -0.483 e. The number of carbonyl (C=O) groups excluding carboxylic acids is 8. The van der Waals surface area contributed by atoms with Gasteiger partial charge in [0.2, 0.25) is 17.7 Å². The Hall–Kier alpha value is -8.44. The number of benzene rings is 2. The summed E-state index contributed by atoms with van der Waals surface area (Å²) < 4.78 is 50.3. The molecule has 7 N–H and O–H groups in total. The van der Waals surface area contributed by atoms with E-state index in [0.717, 1.165) is 43.3 Å². The van der Waals surface area contributed by atoms with E-state index in [1.807, 2.05) is 0 Å². The molecular weight excluding hydrogens is 924 g/mol. The second kappa shape index (κ2) is 23.0. The number of hydrogen-bond acceptors (Lipinski definition) is 14. The van der Waals surface area contributed by atoms with Gasteiger partial charge in [-0.2, -0.15) is 18.3 Å². The second-order valence-electron chi connectivity index (χ2n) is 15.8. The zero-order valence-corrected chi connectivity index (χ0v) is 37.7. The average Bonchev–Trinajstić information content (AvgIpc) is 4.06. The molecule has 2 aromatic heterocycles. The average molecular weight is 972 g/mol. The van der Waals surface area contributed by atoms with Crippen LogP contribution in [0.4, 0.5) is 18.9 Å². The van der Waals surface area contributed by atoms with Crippen molar-refractivity contribution in [1.82, 2.24) is 40.9 Å². The van der Waals surface area contributed by atoms with E-state index in [0.29, 0.717) is 30.8 Å². The Morgan fingerprint density at radius 2 is 1.66 bits per heavy atom. The first kappa shape index (κ1) is 51.0. The SMILES string of the molecule is C=N/C(=C\C(=C/C)c1nc(C(=O)Nc2cn(-c3ccc(C(=O)NCCCCCCCCNC(=O)COc4cccc5c4C(=O)N(C4CCC(=O)NC4=O)C5=O)cc3)nc2C(N)=O)co1)NCC(F)(F)F. The summed E-state index contributed by atoms with van der Waals surface area (Å²) in [6.07, 6.45) is 5.48. The monoisotopic (exact) mass is 971 g/mol. The number of ether oxygens (including phenoxy) is 1. The predicted octanol–water partition coefficient (Wildman–Crippen LogP) is 3.98. The smallest absolute Gasteiger partial charge is 0.405 e. The van der Waals surface area contributed by atoms with E-state index in [1.165, 1.54) is 41.2 Å². The molecule has 21 nitrogen and oxygen atoms in total. The van der Waals surface area contributed by atoms with Crippen LogP contribution >= 0.6 is 0 Å². The molecule has 1 saturated heterocycles. The van der Waals surface area contributed by atoms with Crippen LogP contribution in [-0.4, -0.2) is 112 Å². The molecule has 0 saturated carbocycles. The van der Waals surface area contributed by atoms with E-state index >= 15 is 0 Å². The van der Waals surface area contributed by atoms with Crippen LogP contribution < -0.4 is 37.1 Å². The van der Waals surface area contributed by atoms with Gasteiger partial charge in [0.15, 0.2) is 18.0 Å². The number of unbranched alkanes of at least 4 members (excludes halogenated alkanes) is 5. The van der Waals surface area contributed by atoms with Gasteiger partial charge in [0.1, 0.15) is 30.4 Å². The van der Waals surface area contributed by atoms with Gasteiger partial charge in [-0.05, 0) is 75.4 Å². The number of allylic oxidation sites excluding steroid dienone is 3. The number of oxazole rings is 1. The van der Waals surface area contributed by atoms with Crippen molar-refractivity contribution in [2.75, 3.05) is 31.6 Å². The van der Waals surface area contributed by atoms with Gasteiger partial charge in [-0.3, -0.25) is 48.6 Å². The molecule has 4 heterocycles. The molecule has 70 heavy (non-hydrogen) atoms. The van der Waals surface area contributed by atoms with E-state index < -0.39 is 66.7 Å². The van der Waals surface area contributed by atoms with Crippen LogP contribution in [0.15, 0.2) is 82.3 Å². The molecule has 6 rings (SSSR count). The highest BCUT2D eigenvalue weighted by molar-refractivity contribution is 6.24. The number of hydrogen-bond donors (Lipinski definition) is 6. The number of carbonyl (C=O) groups is 8. The van der Waals surface area contributed by atoms with E-state index in [4.69, 9.17) is 14.9 Å². The summed E-state index contributed by atoms with van der Waals surface area (Å²) in [5.41, 5.74) is 5.95. The zero-order valence-electron chi connectivity index (χ0n) is 37.7. The molecule has 0 aliphatic carbocycles. The normalized spacial score (nSPS) is 15.0. The van der Waals surface area contributed by atoms with Crippen LogP contribution in [0.3, 0.4) is 0 Å². The van der Waals surface area contributed by atoms with Crippen LogP contribution in [0.5, 0.6) is 5.75 Å². The van der Waals surface area contributed by atoms with Gasteiger partial charge in [0.05, 0.1) is 28.7 Å². The molecule has 4 aromatic rings. The molecular formula is C46H48F3N11O10. The number of halogens is 3. The molecule has 2 aromatic carbocycles. The lowest BCUT2D eigenvalue weighted by Crippen LogP contribution is -2.54. The summed E-state index contributed by atoms with van der Waals surface area (Å²) in [7, 11) is 0. The van der Waals surface area contributed by atoms with Crippen molar-refractivity contribution in [3.8, 4) is 11.4 Å². The highest BCUT2D eigenvalue weighted by Gasteiger charge is 2.46. The Morgan fingerprint density at radius 1 is 0.957 bits per heavy atom. The number of piperidine rings is 1. The van der Waals surface area contributed by atoms with Gasteiger partial charge in [-0.1, -0.05) is 37.8 Å². The summed E-state index contributed by atoms with van der Waals surface area (Å²) in [6.45, 7) is 3.90. The van der Waals surface area contributed by atoms with Crippen LogP contribution in [0, 0.1) is 0 Å². The van der Waals surface area contributed by atoms with Crippen LogP contribution in [0.25, 0.3) is 11.3 Å². The molecule has 1 fully saturated rings. The third-order valence-corrected chi connectivity index (χ3v) is 10.8. The van der Waals surface area contributed by atoms with Crippen LogP contribution in [-0.2, 0) is 14.4 Å². The van der Waals surface area contributed by atoms with Crippen LogP contribution in [0.2, 0.25) is 0 Å². The number of alkyl halides is 3. The minimum atomic E-state index is -4.51. The number of nitrogens with zero attached hydrogens (tertiary/aromatic N) is 5. The maximum Gasteiger partial charge on any atom is 0.405 e. The quantitative estimate of drug-likeness (QED) is 0.0266. The highest BCUT2D eigenvalue weighted by atomic mass is 19.4. The Labute approximate surface area is 397 Å². The first-order chi connectivity index (χ1) is 33.5. The van der Waals surface area contributed by atoms with Crippen molar-refractivity contribution in [3.05, 3.63) is 107 Å². The van der Waals surface area contributed by atoms with Crippen molar-refractivity contribution in [2.45, 2.75) is 70.5 Å². The lowest BCUT2D eigenvalue weighted by atomic mass is 10.0. The number of fused-ring (bicyclic) bond motifs is 1. The number of rotatable bonds is 23. The third kappa shape index (κ3) is 13.0. The largest absolute Gasteiger partial charge is 0.483 e. The van der Waals surface area contributed by atoms with Gasteiger partial charge in [0, 0.05) is 30.6 Å². The second-order valence-corrected chi connectivity index (χ2v) is 15.8. The Morgan fingerprint density at radius 3 is 2.31 bits per heavy atom. The van der Waals surface area contributed by atoms with E-state index in [1.54, 1.807) is 31.2 Å². The summed E-state index contributed by atoms with van der Waals surface area (Å²) in [5, 5.41) is 16.6. The number of nitrogens with two attached hydrogens (primary N) is 1. The third-order valence-electron chi connectivity index (χ3n) is 10.8. The fraction of sp³-hybridized carbons (Fsp3) is 0.326. The molecule has 8 amide bonds. The summed E-state index contributed by atoms with van der Waals surface area (Å²) >= 11 is 0. The van der Waals surface area contributed by atoms with Crippen molar-refractivity contribution in [1.29, 1.82) is 0 Å². The highest BCUT2D eigenvalue weighted by Crippen LogP contribution is 2.34. The van der Waals surface area contributed by atoms with Gasteiger partial charge in [0.25, 0.3) is 35.4 Å². The molecule has 0 spiro atoms. The molecule has 1 atom stereocenters. The summed E-state index contributed by atoms with van der Waals surface area (Å²) in [5.74, 6) is -5.39. The molecule has 2 aliphatic rings. The molecule has 368 valence electrons. The van der Waals surface area contributed by atoms with E-state index in [-0.39, 0.29) is 70.0 Å².